The van der Waals surface area contributed by atoms with Gasteiger partial charge < -0.3 is 10.1 Å². The summed E-state index contributed by atoms with van der Waals surface area (Å²) in [5.74, 6) is -0.882. The number of hydrogen-bond donors (Lipinski definition) is 1. The highest BCUT2D eigenvalue weighted by atomic mass is 79.9. The molecule has 0 saturated heterocycles. The lowest BCUT2D eigenvalue weighted by Crippen LogP contribution is -2.35. The Labute approximate surface area is 149 Å². The zero-order valence-electron chi connectivity index (χ0n) is 13.8. The van der Waals surface area contributed by atoms with Gasteiger partial charge in [-0.05, 0) is 38.5 Å². The lowest BCUT2D eigenvalue weighted by Gasteiger charge is -2.13. The first-order chi connectivity index (χ1) is 11.4. The van der Waals surface area contributed by atoms with Crippen LogP contribution in [0.1, 0.15) is 47.4 Å². The Kier molecular flexibility index (Phi) is 6.51. The molecule has 1 aliphatic heterocycles. The van der Waals surface area contributed by atoms with Crippen molar-refractivity contribution >= 4 is 33.7 Å². The summed E-state index contributed by atoms with van der Waals surface area (Å²) in [5, 5.41) is 2.76. The number of nitrogens with zero attached hydrogens (tertiary/aromatic N) is 1. The highest BCUT2D eigenvalue weighted by Gasteiger charge is 2.35. The molecule has 1 aromatic carbocycles. The minimum atomic E-state index is -0.352. The van der Waals surface area contributed by atoms with Crippen LogP contribution in [0.4, 0.5) is 0 Å². The molecule has 1 heterocycles. The van der Waals surface area contributed by atoms with E-state index in [4.69, 9.17) is 4.74 Å². The fourth-order valence-corrected chi connectivity index (χ4v) is 2.75. The zero-order chi connectivity index (χ0) is 17.7. The molecule has 0 radical (unpaired) electrons. The van der Waals surface area contributed by atoms with Gasteiger partial charge in [-0.3, -0.25) is 19.3 Å². The van der Waals surface area contributed by atoms with Crippen LogP contribution < -0.4 is 5.32 Å². The summed E-state index contributed by atoms with van der Waals surface area (Å²) in [7, 11) is 0. The number of rotatable bonds is 8. The Morgan fingerprint density at radius 2 is 1.96 bits per heavy atom. The first kappa shape index (κ1) is 18.6. The molecule has 6 nitrogen and oxygen atoms in total. The summed E-state index contributed by atoms with van der Waals surface area (Å²) >= 11 is 3.29. The van der Waals surface area contributed by atoms with Gasteiger partial charge >= 0.3 is 0 Å². The molecule has 24 heavy (non-hydrogen) atoms. The Morgan fingerprint density at radius 3 is 2.67 bits per heavy atom. The van der Waals surface area contributed by atoms with E-state index in [1.807, 2.05) is 13.8 Å². The van der Waals surface area contributed by atoms with Crippen molar-refractivity contribution in [2.24, 2.45) is 0 Å². The second kappa shape index (κ2) is 8.39. The van der Waals surface area contributed by atoms with Gasteiger partial charge in [0.2, 0.25) is 5.91 Å². The minimum absolute atomic E-state index is 0.0816. The summed E-state index contributed by atoms with van der Waals surface area (Å²) in [4.78, 5) is 37.5. The largest absolute Gasteiger partial charge is 0.379 e. The molecule has 130 valence electrons. The molecule has 3 amide bonds. The van der Waals surface area contributed by atoms with E-state index in [-0.39, 0.29) is 36.8 Å². The summed E-state index contributed by atoms with van der Waals surface area (Å²) < 4.78 is 6.13. The number of imide groups is 1. The number of carbonyl (C=O) groups excluding carboxylic acids is 3. The van der Waals surface area contributed by atoms with E-state index in [0.717, 1.165) is 15.8 Å². The van der Waals surface area contributed by atoms with E-state index in [0.29, 0.717) is 24.3 Å². The van der Waals surface area contributed by atoms with Crippen molar-refractivity contribution in [3.8, 4) is 0 Å². The van der Waals surface area contributed by atoms with Crippen LogP contribution in [0.3, 0.4) is 0 Å². The maximum absolute atomic E-state index is 12.3. The molecule has 0 fully saturated rings. The number of amides is 3. The third kappa shape index (κ3) is 4.64. The number of hydrogen-bond acceptors (Lipinski definition) is 4. The standard InChI is InChI=1S/C17H21BrN2O4/c1-11(2)24-9-3-7-19-15(21)6-8-20-16(22)13-5-4-12(18)10-14(13)17(20)23/h4-5,10-11H,3,6-9H2,1-2H3,(H,19,21). The van der Waals surface area contributed by atoms with Gasteiger partial charge in [0.25, 0.3) is 11.8 Å². The average molecular weight is 397 g/mol. The van der Waals surface area contributed by atoms with Crippen LogP contribution in [0, 0.1) is 0 Å². The Hall–Kier alpha value is -1.73. The molecular formula is C17H21BrN2O4. The van der Waals surface area contributed by atoms with Gasteiger partial charge in [0.15, 0.2) is 0 Å². The van der Waals surface area contributed by atoms with Crippen molar-refractivity contribution in [2.75, 3.05) is 19.7 Å². The van der Waals surface area contributed by atoms with Crippen molar-refractivity contribution in [2.45, 2.75) is 32.8 Å². The first-order valence-electron chi connectivity index (χ1n) is 7.94. The van der Waals surface area contributed by atoms with Crippen LogP contribution in [0.2, 0.25) is 0 Å². The predicted molar refractivity (Wildman–Crippen MR) is 92.8 cm³/mol. The summed E-state index contributed by atoms with van der Waals surface area (Å²) in [5.41, 5.74) is 0.759. The van der Waals surface area contributed by atoms with Crippen LogP contribution in [0.15, 0.2) is 22.7 Å². The lowest BCUT2D eigenvalue weighted by atomic mass is 10.1. The van der Waals surface area contributed by atoms with Crippen molar-refractivity contribution in [3.63, 3.8) is 0 Å². The number of benzene rings is 1. The predicted octanol–water partition coefficient (Wildman–Crippen LogP) is 2.37. The Bertz CT molecular complexity index is 645. The summed E-state index contributed by atoms with van der Waals surface area (Å²) in [6.45, 7) is 5.10. The van der Waals surface area contributed by atoms with Crippen molar-refractivity contribution in [1.29, 1.82) is 0 Å². The number of ether oxygens (including phenoxy) is 1. The van der Waals surface area contributed by atoms with E-state index in [1.54, 1.807) is 18.2 Å². The average Bonchev–Trinajstić information content (AvgIpc) is 2.75. The van der Waals surface area contributed by atoms with Crippen molar-refractivity contribution < 1.29 is 19.1 Å². The number of nitrogens with one attached hydrogen (secondary N) is 1. The van der Waals surface area contributed by atoms with Gasteiger partial charge in [-0.25, -0.2) is 0 Å². The van der Waals surface area contributed by atoms with Crippen LogP contribution in [0.5, 0.6) is 0 Å². The molecule has 0 atom stereocenters. The maximum Gasteiger partial charge on any atom is 0.261 e. The molecule has 0 unspecified atom stereocenters. The van der Waals surface area contributed by atoms with E-state index in [2.05, 4.69) is 21.2 Å². The first-order valence-corrected chi connectivity index (χ1v) is 8.73. The number of halogens is 1. The normalized spacial score (nSPS) is 13.6. The van der Waals surface area contributed by atoms with Gasteiger partial charge in [0.05, 0.1) is 17.2 Å². The number of carbonyl (C=O) groups is 3. The van der Waals surface area contributed by atoms with Gasteiger partial charge in [-0.2, -0.15) is 0 Å². The summed E-state index contributed by atoms with van der Waals surface area (Å²) in [6, 6.07) is 4.97. The third-order valence-electron chi connectivity index (χ3n) is 3.59. The van der Waals surface area contributed by atoms with Crippen LogP contribution in [-0.2, 0) is 9.53 Å². The van der Waals surface area contributed by atoms with E-state index in [9.17, 15) is 14.4 Å². The van der Waals surface area contributed by atoms with E-state index >= 15 is 0 Å². The van der Waals surface area contributed by atoms with Gasteiger partial charge in [0.1, 0.15) is 0 Å². The molecule has 1 aromatic rings. The molecule has 0 saturated carbocycles. The van der Waals surface area contributed by atoms with Crippen molar-refractivity contribution in [1.82, 2.24) is 10.2 Å². The highest BCUT2D eigenvalue weighted by molar-refractivity contribution is 9.10. The van der Waals surface area contributed by atoms with Crippen LogP contribution in [0.25, 0.3) is 0 Å². The molecular weight excluding hydrogens is 376 g/mol. The molecule has 0 bridgehead atoms. The second-order valence-electron chi connectivity index (χ2n) is 5.82. The quantitative estimate of drug-likeness (QED) is 0.540. The number of fused-ring (bicyclic) bond motifs is 1. The SMILES string of the molecule is CC(C)OCCCNC(=O)CCN1C(=O)c2ccc(Br)cc2C1=O. The van der Waals surface area contributed by atoms with Crippen LogP contribution in [-0.4, -0.2) is 48.4 Å². The fourth-order valence-electron chi connectivity index (χ4n) is 2.39. The third-order valence-corrected chi connectivity index (χ3v) is 4.08. The van der Waals surface area contributed by atoms with Crippen LogP contribution >= 0.6 is 15.9 Å². The lowest BCUT2D eigenvalue weighted by molar-refractivity contribution is -0.121. The molecule has 0 aromatic heterocycles. The zero-order valence-corrected chi connectivity index (χ0v) is 15.4. The van der Waals surface area contributed by atoms with Gasteiger partial charge in [-0.1, -0.05) is 15.9 Å². The minimum Gasteiger partial charge on any atom is -0.379 e. The maximum atomic E-state index is 12.3. The molecule has 2 rings (SSSR count). The highest BCUT2D eigenvalue weighted by Crippen LogP contribution is 2.25. The van der Waals surface area contributed by atoms with Crippen molar-refractivity contribution in [3.05, 3.63) is 33.8 Å². The molecule has 0 spiro atoms. The molecule has 1 N–H and O–H groups in total. The monoisotopic (exact) mass is 396 g/mol. The smallest absolute Gasteiger partial charge is 0.261 e. The van der Waals surface area contributed by atoms with E-state index < -0.39 is 0 Å². The molecule has 1 aliphatic rings. The fraction of sp³-hybridized carbons (Fsp3) is 0.471. The Balaban J connectivity index is 1.78. The topological polar surface area (TPSA) is 75.7 Å². The summed E-state index contributed by atoms with van der Waals surface area (Å²) in [6.07, 6.45) is 0.998. The van der Waals surface area contributed by atoms with Gasteiger partial charge in [0, 0.05) is 30.6 Å². The Morgan fingerprint density at radius 1 is 1.25 bits per heavy atom. The van der Waals surface area contributed by atoms with Gasteiger partial charge in [-0.15, -0.1) is 0 Å². The second-order valence-corrected chi connectivity index (χ2v) is 6.74. The van der Waals surface area contributed by atoms with E-state index in [1.165, 1.54) is 0 Å². The molecule has 7 heteroatoms. The molecule has 0 aliphatic carbocycles.